The van der Waals surface area contributed by atoms with Crippen LogP contribution in [0.5, 0.6) is 0 Å². The maximum Gasteiger partial charge on any atom is 0.0621 e. The van der Waals surface area contributed by atoms with Gasteiger partial charge in [-0.15, -0.1) is 0 Å². The zero-order valence-corrected chi connectivity index (χ0v) is 7.40. The van der Waals surface area contributed by atoms with Crippen molar-refractivity contribution in [3.63, 3.8) is 0 Å². The summed E-state index contributed by atoms with van der Waals surface area (Å²) in [5, 5.41) is 4.13. The lowest BCUT2D eigenvalue weighted by Gasteiger charge is -1.90. The van der Waals surface area contributed by atoms with Crippen molar-refractivity contribution in [3.05, 3.63) is 42.0 Å². The lowest BCUT2D eigenvalue weighted by atomic mass is 10.2. The zero-order valence-electron chi connectivity index (χ0n) is 7.40. The molecule has 0 saturated carbocycles. The lowest BCUT2D eigenvalue weighted by Crippen LogP contribution is -1.96. The van der Waals surface area contributed by atoms with Crippen LogP contribution in [0.15, 0.2) is 41.5 Å². The van der Waals surface area contributed by atoms with E-state index in [9.17, 15) is 0 Å². The normalized spacial score (nSPS) is 15.8. The highest BCUT2D eigenvalue weighted by Gasteiger charge is 2.00. The molecule has 1 aromatic carbocycles. The second-order valence-corrected chi connectivity index (χ2v) is 3.01. The van der Waals surface area contributed by atoms with Gasteiger partial charge in [-0.2, -0.15) is 5.10 Å². The standard InChI is InChI=1S/C11H12N2/c1-2-4-10(5-3-1)6-7-11-8-9-12-13-11/h1-7,12H,8-9H2. The molecule has 0 amide bonds. The molecular formula is C11H12N2. The summed E-state index contributed by atoms with van der Waals surface area (Å²) >= 11 is 0. The number of nitrogens with zero attached hydrogens (tertiary/aromatic N) is 1. The second kappa shape index (κ2) is 3.90. The first-order valence-corrected chi connectivity index (χ1v) is 4.48. The van der Waals surface area contributed by atoms with Crippen molar-refractivity contribution in [1.82, 2.24) is 5.43 Å². The summed E-state index contributed by atoms with van der Waals surface area (Å²) < 4.78 is 0. The average molecular weight is 172 g/mol. The highest BCUT2D eigenvalue weighted by molar-refractivity contribution is 5.98. The molecule has 0 aromatic heterocycles. The van der Waals surface area contributed by atoms with Gasteiger partial charge in [0.15, 0.2) is 0 Å². The monoisotopic (exact) mass is 172 g/mol. The van der Waals surface area contributed by atoms with Crippen LogP contribution in [0.4, 0.5) is 0 Å². The van der Waals surface area contributed by atoms with Gasteiger partial charge in [-0.3, -0.25) is 0 Å². The van der Waals surface area contributed by atoms with E-state index in [2.05, 4.69) is 34.8 Å². The van der Waals surface area contributed by atoms with Crippen LogP contribution in [0, 0.1) is 0 Å². The molecule has 1 heterocycles. The number of nitrogens with one attached hydrogen (secondary N) is 1. The Kier molecular flexibility index (Phi) is 2.41. The third-order valence-electron chi connectivity index (χ3n) is 1.98. The molecule has 2 rings (SSSR count). The molecule has 0 unspecified atom stereocenters. The molecule has 1 aliphatic rings. The molecule has 0 bridgehead atoms. The Morgan fingerprint density at radius 1 is 1.15 bits per heavy atom. The second-order valence-electron chi connectivity index (χ2n) is 3.01. The van der Waals surface area contributed by atoms with Gasteiger partial charge < -0.3 is 5.43 Å². The Morgan fingerprint density at radius 2 is 2.00 bits per heavy atom. The third kappa shape index (κ3) is 2.18. The molecule has 0 saturated heterocycles. The van der Waals surface area contributed by atoms with E-state index < -0.39 is 0 Å². The summed E-state index contributed by atoms with van der Waals surface area (Å²) in [4.78, 5) is 0. The van der Waals surface area contributed by atoms with Crippen LogP contribution >= 0.6 is 0 Å². The largest absolute Gasteiger partial charge is 0.309 e. The van der Waals surface area contributed by atoms with Gasteiger partial charge in [-0.1, -0.05) is 36.4 Å². The van der Waals surface area contributed by atoms with Gasteiger partial charge in [0, 0.05) is 13.0 Å². The van der Waals surface area contributed by atoms with Gasteiger partial charge in [0.1, 0.15) is 0 Å². The molecule has 0 spiro atoms. The first kappa shape index (κ1) is 8.05. The van der Waals surface area contributed by atoms with Gasteiger partial charge >= 0.3 is 0 Å². The third-order valence-corrected chi connectivity index (χ3v) is 1.98. The van der Waals surface area contributed by atoms with Crippen LogP contribution in [-0.4, -0.2) is 12.3 Å². The fourth-order valence-corrected chi connectivity index (χ4v) is 1.27. The van der Waals surface area contributed by atoms with Crippen LogP contribution in [0.25, 0.3) is 6.08 Å². The minimum Gasteiger partial charge on any atom is -0.309 e. The highest BCUT2D eigenvalue weighted by Crippen LogP contribution is 2.03. The SMILES string of the molecule is C(=Cc1ccccc1)C1=NNCC1. The van der Waals surface area contributed by atoms with Crippen molar-refractivity contribution < 1.29 is 0 Å². The predicted molar refractivity (Wildman–Crippen MR) is 55.5 cm³/mol. The van der Waals surface area contributed by atoms with Crippen LogP contribution < -0.4 is 5.43 Å². The maximum atomic E-state index is 4.13. The van der Waals surface area contributed by atoms with Gasteiger partial charge in [0.2, 0.25) is 0 Å². The molecule has 1 aromatic rings. The number of rotatable bonds is 2. The highest BCUT2D eigenvalue weighted by atomic mass is 15.3. The van der Waals surface area contributed by atoms with Gasteiger partial charge in [0.05, 0.1) is 5.71 Å². The summed E-state index contributed by atoms with van der Waals surface area (Å²) in [5.41, 5.74) is 5.29. The number of allylic oxidation sites excluding steroid dienone is 1. The first-order chi connectivity index (χ1) is 6.45. The number of benzene rings is 1. The number of hydrogen-bond acceptors (Lipinski definition) is 2. The first-order valence-electron chi connectivity index (χ1n) is 4.48. The van der Waals surface area contributed by atoms with E-state index in [4.69, 9.17) is 0 Å². The topological polar surface area (TPSA) is 24.4 Å². The molecule has 0 atom stereocenters. The van der Waals surface area contributed by atoms with E-state index >= 15 is 0 Å². The Bertz CT molecular complexity index is 325. The summed E-state index contributed by atoms with van der Waals surface area (Å²) in [7, 11) is 0. The smallest absolute Gasteiger partial charge is 0.0621 e. The Labute approximate surface area is 78.0 Å². The van der Waals surface area contributed by atoms with Crippen LogP contribution in [-0.2, 0) is 0 Å². The molecule has 1 N–H and O–H groups in total. The Hall–Kier alpha value is -1.57. The Balaban J connectivity index is 2.05. The molecule has 2 nitrogen and oxygen atoms in total. The predicted octanol–water partition coefficient (Wildman–Crippen LogP) is 2.05. The van der Waals surface area contributed by atoms with Crippen LogP contribution in [0.3, 0.4) is 0 Å². The molecule has 66 valence electrons. The zero-order chi connectivity index (χ0) is 8.93. The number of hydrogen-bond donors (Lipinski definition) is 1. The fourth-order valence-electron chi connectivity index (χ4n) is 1.27. The molecule has 0 radical (unpaired) electrons. The summed E-state index contributed by atoms with van der Waals surface area (Å²) in [6.45, 7) is 0.967. The van der Waals surface area contributed by atoms with E-state index in [0.29, 0.717) is 0 Å². The van der Waals surface area contributed by atoms with Crippen molar-refractivity contribution in [2.24, 2.45) is 5.10 Å². The van der Waals surface area contributed by atoms with Crippen molar-refractivity contribution in [2.75, 3.05) is 6.54 Å². The fraction of sp³-hybridized carbons (Fsp3) is 0.182. The molecule has 2 heteroatoms. The molecule has 1 aliphatic heterocycles. The van der Waals surface area contributed by atoms with Crippen molar-refractivity contribution in [1.29, 1.82) is 0 Å². The van der Waals surface area contributed by atoms with Gasteiger partial charge in [-0.05, 0) is 11.6 Å². The van der Waals surface area contributed by atoms with E-state index in [-0.39, 0.29) is 0 Å². The Morgan fingerprint density at radius 3 is 2.69 bits per heavy atom. The van der Waals surface area contributed by atoms with Crippen molar-refractivity contribution in [3.8, 4) is 0 Å². The van der Waals surface area contributed by atoms with Crippen LogP contribution in [0.2, 0.25) is 0 Å². The molecule has 13 heavy (non-hydrogen) atoms. The summed E-state index contributed by atoms with van der Waals surface area (Å²) in [5.74, 6) is 0. The van der Waals surface area contributed by atoms with Gasteiger partial charge in [0.25, 0.3) is 0 Å². The summed E-state index contributed by atoms with van der Waals surface area (Å²) in [6, 6.07) is 10.3. The maximum absolute atomic E-state index is 4.13. The molecule has 0 aliphatic carbocycles. The van der Waals surface area contributed by atoms with E-state index in [1.54, 1.807) is 0 Å². The average Bonchev–Trinajstić information content (AvgIpc) is 2.69. The quantitative estimate of drug-likeness (QED) is 0.725. The van der Waals surface area contributed by atoms with Gasteiger partial charge in [-0.25, -0.2) is 0 Å². The van der Waals surface area contributed by atoms with Crippen LogP contribution in [0.1, 0.15) is 12.0 Å². The van der Waals surface area contributed by atoms with E-state index in [1.165, 1.54) is 5.56 Å². The summed E-state index contributed by atoms with van der Waals surface area (Å²) in [6.07, 6.45) is 5.19. The number of hydrazone groups is 1. The molecular weight excluding hydrogens is 160 g/mol. The van der Waals surface area contributed by atoms with Crippen molar-refractivity contribution in [2.45, 2.75) is 6.42 Å². The molecule has 0 fully saturated rings. The van der Waals surface area contributed by atoms with E-state index in [1.807, 2.05) is 18.2 Å². The minimum atomic E-state index is 0.967. The minimum absolute atomic E-state index is 0.967. The van der Waals surface area contributed by atoms with Crippen molar-refractivity contribution >= 4 is 11.8 Å². The lowest BCUT2D eigenvalue weighted by molar-refractivity contribution is 0.813. The van der Waals surface area contributed by atoms with E-state index in [0.717, 1.165) is 18.7 Å².